The molecule has 0 saturated heterocycles. The normalized spacial score (nSPS) is 21.8. The number of benzene rings is 1. The van der Waals surface area contributed by atoms with Crippen molar-refractivity contribution in [2.24, 2.45) is 11.8 Å². The lowest BCUT2D eigenvalue weighted by Gasteiger charge is -2.23. The van der Waals surface area contributed by atoms with Gasteiger partial charge < -0.3 is 5.32 Å². The van der Waals surface area contributed by atoms with E-state index in [-0.39, 0.29) is 5.82 Å². The van der Waals surface area contributed by atoms with Crippen LogP contribution in [0.5, 0.6) is 0 Å². The molecule has 0 radical (unpaired) electrons. The molecule has 0 spiro atoms. The highest BCUT2D eigenvalue weighted by atomic mass is 19.1. The molecule has 2 heteroatoms. The first-order chi connectivity index (χ1) is 8.24. The van der Waals surface area contributed by atoms with E-state index in [9.17, 15) is 4.39 Å². The maximum Gasteiger partial charge on any atom is 0.123 e. The van der Waals surface area contributed by atoms with Crippen LogP contribution in [-0.4, -0.2) is 6.04 Å². The van der Waals surface area contributed by atoms with Crippen molar-refractivity contribution in [1.29, 1.82) is 0 Å². The monoisotopic (exact) mass is 233 g/mol. The predicted molar refractivity (Wildman–Crippen MR) is 67.2 cm³/mol. The zero-order valence-corrected chi connectivity index (χ0v) is 10.3. The molecule has 2 saturated carbocycles. The van der Waals surface area contributed by atoms with Gasteiger partial charge in [-0.25, -0.2) is 4.39 Å². The summed E-state index contributed by atoms with van der Waals surface area (Å²) >= 11 is 0. The molecule has 2 aliphatic rings. The first kappa shape index (κ1) is 11.2. The number of rotatable bonds is 5. The Hall–Kier alpha value is -0.890. The molecule has 1 N–H and O–H groups in total. The molecule has 17 heavy (non-hydrogen) atoms. The molecule has 0 heterocycles. The minimum atomic E-state index is -0.151. The fourth-order valence-electron chi connectivity index (χ4n) is 2.70. The maximum absolute atomic E-state index is 12.9. The Morgan fingerprint density at radius 1 is 1.06 bits per heavy atom. The van der Waals surface area contributed by atoms with E-state index in [1.807, 2.05) is 12.1 Å². The third-order valence-corrected chi connectivity index (χ3v) is 4.07. The van der Waals surface area contributed by atoms with E-state index in [2.05, 4.69) is 12.2 Å². The van der Waals surface area contributed by atoms with Gasteiger partial charge in [0, 0.05) is 12.1 Å². The summed E-state index contributed by atoms with van der Waals surface area (Å²) in [6.45, 7) is 2.19. The Balaban J connectivity index is 1.64. The van der Waals surface area contributed by atoms with Crippen molar-refractivity contribution in [3.63, 3.8) is 0 Å². The van der Waals surface area contributed by atoms with E-state index in [0.29, 0.717) is 12.1 Å². The third-order valence-electron chi connectivity index (χ3n) is 4.07. The first-order valence-corrected chi connectivity index (χ1v) is 6.75. The fourth-order valence-corrected chi connectivity index (χ4v) is 2.70. The van der Waals surface area contributed by atoms with E-state index < -0.39 is 0 Å². The average Bonchev–Trinajstić information content (AvgIpc) is 3.17. The standard InChI is InChI=1S/C15H20FN/c1-10(11-6-8-14(16)9-7-11)17-15(12-2-3-12)13-4-5-13/h6-10,12-13,15,17H,2-5H2,1H3/t10-/m1/s1. The number of nitrogens with one attached hydrogen (secondary N) is 1. The van der Waals surface area contributed by atoms with Crippen LogP contribution >= 0.6 is 0 Å². The molecular weight excluding hydrogens is 213 g/mol. The zero-order valence-electron chi connectivity index (χ0n) is 10.3. The smallest absolute Gasteiger partial charge is 0.123 e. The van der Waals surface area contributed by atoms with E-state index >= 15 is 0 Å². The summed E-state index contributed by atoms with van der Waals surface area (Å²) in [6.07, 6.45) is 5.57. The molecule has 0 aromatic heterocycles. The van der Waals surface area contributed by atoms with Crippen LogP contribution in [-0.2, 0) is 0 Å². The van der Waals surface area contributed by atoms with Gasteiger partial charge in [-0.3, -0.25) is 0 Å². The lowest BCUT2D eigenvalue weighted by Crippen LogP contribution is -2.35. The molecular formula is C15H20FN. The quantitative estimate of drug-likeness (QED) is 0.818. The van der Waals surface area contributed by atoms with Gasteiger partial charge in [0.1, 0.15) is 5.82 Å². The molecule has 2 aliphatic carbocycles. The van der Waals surface area contributed by atoms with Gasteiger partial charge in [-0.15, -0.1) is 0 Å². The average molecular weight is 233 g/mol. The van der Waals surface area contributed by atoms with Gasteiger partial charge in [0.2, 0.25) is 0 Å². The third kappa shape index (κ3) is 2.68. The van der Waals surface area contributed by atoms with E-state index in [0.717, 1.165) is 11.8 Å². The SMILES string of the molecule is C[C@@H](NC(C1CC1)C1CC1)c1ccc(F)cc1. The van der Waals surface area contributed by atoms with Gasteiger partial charge in [0.25, 0.3) is 0 Å². The summed E-state index contributed by atoms with van der Waals surface area (Å²) in [4.78, 5) is 0. The van der Waals surface area contributed by atoms with Crippen molar-refractivity contribution in [3.05, 3.63) is 35.6 Å². The molecule has 1 aromatic rings. The predicted octanol–water partition coefficient (Wildman–Crippen LogP) is 3.66. The summed E-state index contributed by atoms with van der Waals surface area (Å²) in [5.74, 6) is 1.66. The first-order valence-electron chi connectivity index (χ1n) is 6.75. The van der Waals surface area contributed by atoms with Gasteiger partial charge in [-0.05, 0) is 62.1 Å². The molecule has 0 amide bonds. The minimum Gasteiger partial charge on any atom is -0.307 e. The lowest BCUT2D eigenvalue weighted by molar-refractivity contribution is 0.377. The molecule has 0 bridgehead atoms. The Bertz CT molecular complexity index is 366. The van der Waals surface area contributed by atoms with Gasteiger partial charge in [0.05, 0.1) is 0 Å². The Kier molecular flexibility index (Phi) is 2.91. The Labute approximate surface area is 102 Å². The maximum atomic E-state index is 12.9. The van der Waals surface area contributed by atoms with Crippen molar-refractivity contribution >= 4 is 0 Å². The van der Waals surface area contributed by atoms with E-state index in [4.69, 9.17) is 0 Å². The van der Waals surface area contributed by atoms with Gasteiger partial charge in [-0.1, -0.05) is 12.1 Å². The van der Waals surface area contributed by atoms with Crippen LogP contribution in [0.2, 0.25) is 0 Å². The molecule has 0 aliphatic heterocycles. The highest BCUT2D eigenvalue weighted by molar-refractivity contribution is 5.19. The lowest BCUT2D eigenvalue weighted by atomic mass is 10.0. The number of halogens is 1. The Morgan fingerprint density at radius 3 is 2.06 bits per heavy atom. The van der Waals surface area contributed by atoms with Crippen LogP contribution < -0.4 is 5.32 Å². The molecule has 1 atom stereocenters. The largest absolute Gasteiger partial charge is 0.307 e. The second-order valence-corrected chi connectivity index (χ2v) is 5.64. The van der Waals surface area contributed by atoms with E-state index in [1.54, 1.807) is 12.1 Å². The number of hydrogen-bond acceptors (Lipinski definition) is 1. The van der Waals surface area contributed by atoms with Crippen LogP contribution in [0.4, 0.5) is 4.39 Å². The Morgan fingerprint density at radius 2 is 1.59 bits per heavy atom. The molecule has 2 fully saturated rings. The van der Waals surface area contributed by atoms with Crippen LogP contribution in [0.15, 0.2) is 24.3 Å². The van der Waals surface area contributed by atoms with Crippen molar-refractivity contribution in [1.82, 2.24) is 5.32 Å². The van der Waals surface area contributed by atoms with Crippen molar-refractivity contribution in [2.45, 2.75) is 44.7 Å². The van der Waals surface area contributed by atoms with Crippen molar-refractivity contribution < 1.29 is 4.39 Å². The second kappa shape index (κ2) is 4.41. The molecule has 1 aromatic carbocycles. The van der Waals surface area contributed by atoms with E-state index in [1.165, 1.54) is 31.2 Å². The van der Waals surface area contributed by atoms with Gasteiger partial charge >= 0.3 is 0 Å². The molecule has 3 rings (SSSR count). The summed E-state index contributed by atoms with van der Waals surface area (Å²) in [6, 6.07) is 7.93. The van der Waals surface area contributed by atoms with Crippen LogP contribution in [0.3, 0.4) is 0 Å². The topological polar surface area (TPSA) is 12.0 Å². The minimum absolute atomic E-state index is 0.151. The summed E-state index contributed by atoms with van der Waals surface area (Å²) < 4.78 is 12.9. The van der Waals surface area contributed by atoms with Crippen LogP contribution in [0, 0.1) is 17.7 Å². The summed E-state index contributed by atoms with van der Waals surface area (Å²) in [5.41, 5.74) is 1.19. The zero-order chi connectivity index (χ0) is 11.8. The molecule has 92 valence electrons. The highest BCUT2D eigenvalue weighted by Crippen LogP contribution is 2.45. The number of hydrogen-bond donors (Lipinski definition) is 1. The molecule has 0 unspecified atom stereocenters. The van der Waals surface area contributed by atoms with Gasteiger partial charge in [0.15, 0.2) is 0 Å². The summed E-state index contributed by atoms with van der Waals surface area (Å²) in [7, 11) is 0. The summed E-state index contributed by atoms with van der Waals surface area (Å²) in [5, 5.41) is 3.75. The highest BCUT2D eigenvalue weighted by Gasteiger charge is 2.41. The fraction of sp³-hybridized carbons (Fsp3) is 0.600. The molecule has 1 nitrogen and oxygen atoms in total. The van der Waals surface area contributed by atoms with Crippen molar-refractivity contribution in [3.8, 4) is 0 Å². The van der Waals surface area contributed by atoms with Crippen molar-refractivity contribution in [2.75, 3.05) is 0 Å². The van der Waals surface area contributed by atoms with Crippen LogP contribution in [0.25, 0.3) is 0 Å². The second-order valence-electron chi connectivity index (χ2n) is 5.64. The van der Waals surface area contributed by atoms with Gasteiger partial charge in [-0.2, -0.15) is 0 Å². The van der Waals surface area contributed by atoms with Crippen LogP contribution in [0.1, 0.15) is 44.2 Å².